The van der Waals surface area contributed by atoms with Gasteiger partial charge in [-0.05, 0) is 0 Å². The number of rotatable bonds is 10. The quantitative estimate of drug-likeness (QED) is 0.173. The Hall–Kier alpha value is -3.76. The first-order chi connectivity index (χ1) is 18.5. The SMILES string of the molecule is O=C(Cn1[se]c2ccccc2c1=O)Nc1ccc(CCCCc2nnc(NC(=O)c3ccccn3)[se]2)nn1. The summed E-state index contributed by atoms with van der Waals surface area (Å²) in [5.41, 5.74) is 1.06. The van der Waals surface area contributed by atoms with Crippen LogP contribution in [0.3, 0.4) is 0 Å². The average molecular weight is 640 g/mol. The number of benzene rings is 1. The first kappa shape index (κ1) is 25.9. The molecule has 5 rings (SSSR count). The Kier molecular flexibility index (Phi) is 8.30. The van der Waals surface area contributed by atoms with Crippen LogP contribution in [-0.4, -0.2) is 70.0 Å². The van der Waals surface area contributed by atoms with Crippen molar-refractivity contribution in [2.75, 3.05) is 10.6 Å². The van der Waals surface area contributed by atoms with E-state index in [1.54, 1.807) is 40.1 Å². The van der Waals surface area contributed by atoms with E-state index in [0.29, 0.717) is 21.6 Å². The van der Waals surface area contributed by atoms with Gasteiger partial charge in [-0.2, -0.15) is 0 Å². The van der Waals surface area contributed by atoms with Crippen molar-refractivity contribution in [2.24, 2.45) is 0 Å². The van der Waals surface area contributed by atoms with Crippen LogP contribution in [0.15, 0.2) is 65.6 Å². The Morgan fingerprint density at radius 2 is 1.71 bits per heavy atom. The van der Waals surface area contributed by atoms with Crippen molar-refractivity contribution < 1.29 is 9.59 Å². The van der Waals surface area contributed by atoms with Gasteiger partial charge in [0.15, 0.2) is 0 Å². The van der Waals surface area contributed by atoms with Gasteiger partial charge < -0.3 is 0 Å². The summed E-state index contributed by atoms with van der Waals surface area (Å²) in [4.78, 5) is 41.1. The van der Waals surface area contributed by atoms with Crippen LogP contribution >= 0.6 is 0 Å². The molecule has 0 unspecified atom stereocenters. The molecule has 13 heteroatoms. The zero-order chi connectivity index (χ0) is 26.3. The summed E-state index contributed by atoms with van der Waals surface area (Å²) >= 11 is -0.305. The predicted molar refractivity (Wildman–Crippen MR) is 144 cm³/mol. The molecular weight excluding hydrogens is 618 g/mol. The van der Waals surface area contributed by atoms with E-state index >= 15 is 0 Å². The molecule has 4 heterocycles. The number of amides is 2. The molecule has 0 aliphatic heterocycles. The van der Waals surface area contributed by atoms with Crippen LogP contribution in [0.2, 0.25) is 0 Å². The minimum atomic E-state index is -0.299. The van der Waals surface area contributed by atoms with E-state index in [-0.39, 0.29) is 53.2 Å². The van der Waals surface area contributed by atoms with Gasteiger partial charge in [0, 0.05) is 0 Å². The Labute approximate surface area is 229 Å². The maximum atomic E-state index is 12.5. The second-order valence-corrected chi connectivity index (χ2v) is 12.7. The van der Waals surface area contributed by atoms with Crippen molar-refractivity contribution in [1.82, 2.24) is 28.9 Å². The molecule has 0 aliphatic rings. The second kappa shape index (κ2) is 12.2. The number of hydrogen-bond donors (Lipinski definition) is 2. The number of aryl methyl sites for hydroxylation is 2. The van der Waals surface area contributed by atoms with E-state index in [4.69, 9.17) is 0 Å². The molecule has 0 bridgehead atoms. The van der Waals surface area contributed by atoms with Gasteiger partial charge in [0.2, 0.25) is 0 Å². The first-order valence-electron chi connectivity index (χ1n) is 11.8. The topological polar surface area (TPSA) is 145 Å². The molecule has 0 radical (unpaired) electrons. The summed E-state index contributed by atoms with van der Waals surface area (Å²) in [6, 6.07) is 16.2. The standard InChI is InChI=1S/C25H22N8O3Se2/c34-21(15-33-24(36)17-8-2-3-10-19(17)38-33)27-20-13-12-16(29-30-20)7-1-4-11-22-31-32-25(37-22)28-23(35)18-9-5-6-14-26-18/h2-3,5-6,8-10,12-14H,1,4,7,11,15H2,(H,27,30,34)(H,28,32,35). The first-order valence-corrected chi connectivity index (χ1v) is 15.1. The number of unbranched alkanes of at least 4 members (excludes halogenated alkanes) is 1. The molecular formula is C25H22N8O3Se2. The normalized spacial score (nSPS) is 10.9. The van der Waals surface area contributed by atoms with E-state index in [2.05, 4.69) is 36.0 Å². The number of aromatic nitrogens is 6. The fourth-order valence-electron chi connectivity index (χ4n) is 3.64. The molecule has 0 saturated carbocycles. The fraction of sp³-hybridized carbons (Fsp3) is 0.200. The zero-order valence-electron chi connectivity index (χ0n) is 20.0. The number of nitrogens with one attached hydrogen (secondary N) is 2. The van der Waals surface area contributed by atoms with E-state index in [1.165, 1.54) is 0 Å². The zero-order valence-corrected chi connectivity index (χ0v) is 23.5. The van der Waals surface area contributed by atoms with Crippen LogP contribution in [0.5, 0.6) is 0 Å². The monoisotopic (exact) mass is 642 g/mol. The Bertz CT molecular complexity index is 1610. The number of carbonyl (C=O) groups excluding carboxylic acids is 2. The molecule has 0 fully saturated rings. The molecule has 192 valence electrons. The fourth-order valence-corrected chi connectivity index (χ4v) is 7.35. The number of fused-ring (bicyclic) bond motifs is 1. The Morgan fingerprint density at radius 3 is 2.50 bits per heavy atom. The van der Waals surface area contributed by atoms with Gasteiger partial charge in [0.25, 0.3) is 0 Å². The van der Waals surface area contributed by atoms with Gasteiger partial charge in [-0.15, -0.1) is 0 Å². The molecule has 2 N–H and O–H groups in total. The van der Waals surface area contributed by atoms with Gasteiger partial charge in [0.05, 0.1) is 0 Å². The molecule has 0 aliphatic carbocycles. The molecule has 0 saturated heterocycles. The predicted octanol–water partition coefficient (Wildman–Crippen LogP) is 1.55. The summed E-state index contributed by atoms with van der Waals surface area (Å²) in [5.74, 6) is -0.222. The average Bonchev–Trinajstić information content (AvgIpc) is 3.51. The third kappa shape index (κ3) is 6.56. The molecule has 11 nitrogen and oxygen atoms in total. The van der Waals surface area contributed by atoms with Gasteiger partial charge in [-0.3, -0.25) is 0 Å². The van der Waals surface area contributed by atoms with E-state index in [1.807, 2.05) is 24.3 Å². The molecule has 38 heavy (non-hydrogen) atoms. The minimum absolute atomic E-state index is 0.0133. The van der Waals surface area contributed by atoms with Crippen LogP contribution in [0, 0.1) is 0 Å². The van der Waals surface area contributed by atoms with Crippen molar-refractivity contribution in [3.8, 4) is 0 Å². The summed E-state index contributed by atoms with van der Waals surface area (Å²) in [6.45, 7) is -0.0133. The molecule has 2 amide bonds. The number of carbonyl (C=O) groups is 2. The molecule has 1 aromatic carbocycles. The van der Waals surface area contributed by atoms with Crippen LogP contribution in [0.1, 0.15) is 33.6 Å². The molecule has 4 aromatic heterocycles. The van der Waals surface area contributed by atoms with Crippen LogP contribution < -0.4 is 16.2 Å². The third-order valence-corrected chi connectivity index (χ3v) is 9.61. The van der Waals surface area contributed by atoms with Gasteiger partial charge in [-0.25, -0.2) is 0 Å². The summed E-state index contributed by atoms with van der Waals surface area (Å²) in [5, 5.41) is 22.8. The van der Waals surface area contributed by atoms with Crippen molar-refractivity contribution in [3.63, 3.8) is 0 Å². The van der Waals surface area contributed by atoms with Crippen molar-refractivity contribution in [2.45, 2.75) is 32.2 Å². The van der Waals surface area contributed by atoms with E-state index in [9.17, 15) is 14.4 Å². The van der Waals surface area contributed by atoms with Gasteiger partial charge in [0.1, 0.15) is 0 Å². The Morgan fingerprint density at radius 1 is 0.868 bits per heavy atom. The number of hydrogen-bond acceptors (Lipinski definition) is 8. The van der Waals surface area contributed by atoms with Crippen LogP contribution in [-0.2, 0) is 24.2 Å². The maximum absolute atomic E-state index is 12.5. The molecule has 0 spiro atoms. The van der Waals surface area contributed by atoms with Gasteiger partial charge >= 0.3 is 230 Å². The van der Waals surface area contributed by atoms with Gasteiger partial charge in [-0.1, -0.05) is 0 Å². The van der Waals surface area contributed by atoms with E-state index in [0.717, 1.165) is 40.2 Å². The summed E-state index contributed by atoms with van der Waals surface area (Å²) in [6.07, 6.45) is 4.92. The number of nitrogens with zero attached hydrogens (tertiary/aromatic N) is 6. The molecule has 0 atom stereocenters. The van der Waals surface area contributed by atoms with E-state index < -0.39 is 0 Å². The summed E-state index contributed by atoms with van der Waals surface area (Å²) < 4.78 is 4.14. The van der Waals surface area contributed by atoms with Crippen LogP contribution in [0.25, 0.3) is 9.65 Å². The molecule has 5 aromatic rings. The Balaban J connectivity index is 1.05. The number of anilines is 2. The van der Waals surface area contributed by atoms with Crippen LogP contribution in [0.4, 0.5) is 10.5 Å². The third-order valence-electron chi connectivity index (χ3n) is 5.49. The number of pyridine rings is 1. The van der Waals surface area contributed by atoms with Crippen molar-refractivity contribution in [1.29, 1.82) is 0 Å². The van der Waals surface area contributed by atoms with Crippen molar-refractivity contribution >= 4 is 61.2 Å². The second-order valence-electron chi connectivity index (χ2n) is 8.26. The van der Waals surface area contributed by atoms with Crippen molar-refractivity contribution in [3.05, 3.63) is 87.1 Å². The summed E-state index contributed by atoms with van der Waals surface area (Å²) in [7, 11) is 0.